The summed E-state index contributed by atoms with van der Waals surface area (Å²) in [5, 5.41) is 11.2. The molecule has 0 aliphatic carbocycles. The number of carbonyl (C=O) groups is 1. The average Bonchev–Trinajstić information content (AvgIpc) is 3.24. The molecule has 5 rings (SSSR count). The molecule has 1 saturated heterocycles. The molecule has 1 aliphatic rings. The van der Waals surface area contributed by atoms with Crippen LogP contribution in [0.25, 0.3) is 16.8 Å². The molecule has 9 heteroatoms. The van der Waals surface area contributed by atoms with Gasteiger partial charge in [0.25, 0.3) is 5.91 Å². The molecule has 2 N–H and O–H groups in total. The highest BCUT2D eigenvalue weighted by atomic mass is 16.2. The van der Waals surface area contributed by atoms with Gasteiger partial charge in [0.05, 0.1) is 34.9 Å². The van der Waals surface area contributed by atoms with Gasteiger partial charge in [-0.25, -0.2) is 14.5 Å². The van der Waals surface area contributed by atoms with Crippen LogP contribution in [-0.2, 0) is 0 Å². The molecule has 4 aromatic rings. The highest BCUT2D eigenvalue weighted by Crippen LogP contribution is 2.28. The second kappa shape index (κ2) is 8.87. The number of hydrogen-bond donors (Lipinski definition) is 2. The predicted octanol–water partition coefficient (Wildman–Crippen LogP) is 2.65. The third kappa shape index (κ3) is 4.22. The second-order valence-corrected chi connectivity index (χ2v) is 8.15. The van der Waals surface area contributed by atoms with Crippen LogP contribution in [-0.4, -0.2) is 70.7 Å². The second-order valence-electron chi connectivity index (χ2n) is 8.15. The Labute approximate surface area is 192 Å². The zero-order chi connectivity index (χ0) is 22.8. The third-order valence-corrected chi connectivity index (χ3v) is 5.67. The standard InChI is InChI=1S/C24H26N8O/c1-30(2)23(33)20-14-19-16-27-24(29-32(19)22(20)17-6-4-3-5-7-17)28-21-9-8-18(15-26-21)31-12-10-25-11-13-31/h3-9,14-16,25H,10-13H2,1-2H3,(H,26,28,29). The number of anilines is 3. The first-order valence-electron chi connectivity index (χ1n) is 10.9. The van der Waals surface area contributed by atoms with Gasteiger partial charge in [0.15, 0.2) is 0 Å². The lowest BCUT2D eigenvalue weighted by Gasteiger charge is -2.29. The van der Waals surface area contributed by atoms with Crippen LogP contribution in [0.15, 0.2) is 60.9 Å². The molecule has 0 bridgehead atoms. The van der Waals surface area contributed by atoms with Gasteiger partial charge in [-0.05, 0) is 18.2 Å². The van der Waals surface area contributed by atoms with Crippen molar-refractivity contribution < 1.29 is 4.79 Å². The lowest BCUT2D eigenvalue weighted by atomic mass is 10.1. The van der Waals surface area contributed by atoms with E-state index < -0.39 is 0 Å². The molecule has 1 aliphatic heterocycles. The van der Waals surface area contributed by atoms with Crippen molar-refractivity contribution in [3.05, 3.63) is 66.5 Å². The Kier molecular flexibility index (Phi) is 5.62. The topological polar surface area (TPSA) is 90.7 Å². The van der Waals surface area contributed by atoms with Gasteiger partial charge in [-0.1, -0.05) is 30.3 Å². The lowest BCUT2D eigenvalue weighted by Crippen LogP contribution is -2.43. The smallest absolute Gasteiger partial charge is 0.255 e. The highest BCUT2D eigenvalue weighted by molar-refractivity contribution is 6.02. The van der Waals surface area contributed by atoms with Gasteiger partial charge in [-0.3, -0.25) is 4.79 Å². The molecule has 0 spiro atoms. The molecule has 0 atom stereocenters. The quantitative estimate of drug-likeness (QED) is 0.491. The Morgan fingerprint density at radius 2 is 1.82 bits per heavy atom. The van der Waals surface area contributed by atoms with Crippen LogP contribution in [0.5, 0.6) is 0 Å². The summed E-state index contributed by atoms with van der Waals surface area (Å²) < 4.78 is 1.76. The SMILES string of the molecule is CN(C)C(=O)c1cc2cnc(Nc3ccc(N4CCNCC4)cn3)nn2c1-c1ccccc1. The Bertz CT molecular complexity index is 1260. The Morgan fingerprint density at radius 3 is 2.52 bits per heavy atom. The first-order valence-corrected chi connectivity index (χ1v) is 10.9. The number of pyridine rings is 1. The van der Waals surface area contributed by atoms with E-state index in [-0.39, 0.29) is 5.91 Å². The summed E-state index contributed by atoms with van der Waals surface area (Å²) in [6, 6.07) is 15.6. The maximum atomic E-state index is 12.9. The summed E-state index contributed by atoms with van der Waals surface area (Å²) in [6.07, 6.45) is 3.58. The maximum absolute atomic E-state index is 12.9. The minimum atomic E-state index is -0.0842. The van der Waals surface area contributed by atoms with E-state index in [2.05, 4.69) is 36.7 Å². The van der Waals surface area contributed by atoms with Gasteiger partial charge >= 0.3 is 0 Å². The highest BCUT2D eigenvalue weighted by Gasteiger charge is 2.21. The van der Waals surface area contributed by atoms with E-state index in [0.29, 0.717) is 17.3 Å². The third-order valence-electron chi connectivity index (χ3n) is 5.67. The molecule has 1 fully saturated rings. The van der Waals surface area contributed by atoms with Crippen molar-refractivity contribution in [3.8, 4) is 11.3 Å². The van der Waals surface area contributed by atoms with Gasteiger partial charge in [0, 0.05) is 45.8 Å². The van der Waals surface area contributed by atoms with Crippen molar-refractivity contribution >= 4 is 28.9 Å². The van der Waals surface area contributed by atoms with Crippen molar-refractivity contribution in [3.63, 3.8) is 0 Å². The van der Waals surface area contributed by atoms with E-state index in [1.54, 1.807) is 29.7 Å². The predicted molar refractivity (Wildman–Crippen MR) is 129 cm³/mol. The van der Waals surface area contributed by atoms with Crippen molar-refractivity contribution in [1.82, 2.24) is 29.8 Å². The minimum absolute atomic E-state index is 0.0842. The van der Waals surface area contributed by atoms with E-state index in [9.17, 15) is 4.79 Å². The number of fused-ring (bicyclic) bond motifs is 1. The van der Waals surface area contributed by atoms with Crippen molar-refractivity contribution in [2.24, 2.45) is 0 Å². The van der Waals surface area contributed by atoms with E-state index in [0.717, 1.165) is 48.6 Å². The van der Waals surface area contributed by atoms with Crippen LogP contribution in [0.1, 0.15) is 10.4 Å². The van der Waals surface area contributed by atoms with Crippen LogP contribution in [0.2, 0.25) is 0 Å². The zero-order valence-electron chi connectivity index (χ0n) is 18.7. The zero-order valence-corrected chi connectivity index (χ0v) is 18.7. The largest absolute Gasteiger partial charge is 0.368 e. The first-order chi connectivity index (χ1) is 16.1. The lowest BCUT2D eigenvalue weighted by molar-refractivity contribution is 0.0828. The number of rotatable bonds is 5. The molecule has 168 valence electrons. The van der Waals surface area contributed by atoms with E-state index in [4.69, 9.17) is 0 Å². The van der Waals surface area contributed by atoms with Gasteiger partial charge in [0.2, 0.25) is 5.95 Å². The molecule has 0 unspecified atom stereocenters. The number of benzene rings is 1. The van der Waals surface area contributed by atoms with Gasteiger partial charge in [0.1, 0.15) is 5.82 Å². The molecule has 3 aromatic heterocycles. The van der Waals surface area contributed by atoms with Crippen molar-refractivity contribution in [1.29, 1.82) is 0 Å². The Morgan fingerprint density at radius 1 is 1.03 bits per heavy atom. The number of hydrogen-bond acceptors (Lipinski definition) is 7. The van der Waals surface area contributed by atoms with Gasteiger partial charge in [-0.15, -0.1) is 5.10 Å². The summed E-state index contributed by atoms with van der Waals surface area (Å²) in [5.74, 6) is 0.979. The summed E-state index contributed by atoms with van der Waals surface area (Å²) in [4.78, 5) is 25.7. The number of nitrogens with one attached hydrogen (secondary N) is 2. The van der Waals surface area contributed by atoms with Gasteiger partial charge < -0.3 is 20.4 Å². The Balaban J connectivity index is 1.48. The molecule has 0 saturated carbocycles. The number of aromatic nitrogens is 4. The summed E-state index contributed by atoms with van der Waals surface area (Å²) in [7, 11) is 3.49. The van der Waals surface area contributed by atoms with Crippen LogP contribution in [0.3, 0.4) is 0 Å². The fourth-order valence-electron chi connectivity index (χ4n) is 3.99. The van der Waals surface area contributed by atoms with E-state index >= 15 is 0 Å². The Hall–Kier alpha value is -3.98. The van der Waals surface area contributed by atoms with Crippen molar-refractivity contribution in [2.45, 2.75) is 0 Å². The molecule has 1 aromatic carbocycles. The summed E-state index contributed by atoms with van der Waals surface area (Å²) >= 11 is 0. The van der Waals surface area contributed by atoms with Crippen LogP contribution in [0.4, 0.5) is 17.5 Å². The summed E-state index contributed by atoms with van der Waals surface area (Å²) in [5.41, 5.74) is 4.06. The average molecular weight is 443 g/mol. The van der Waals surface area contributed by atoms with E-state index in [1.165, 1.54) is 0 Å². The van der Waals surface area contributed by atoms with E-state index in [1.807, 2.05) is 48.7 Å². The maximum Gasteiger partial charge on any atom is 0.255 e. The molecule has 0 radical (unpaired) electrons. The van der Waals surface area contributed by atoms with Crippen LogP contribution in [0, 0.1) is 0 Å². The number of amides is 1. The van der Waals surface area contributed by atoms with Gasteiger partial charge in [-0.2, -0.15) is 0 Å². The van der Waals surface area contributed by atoms with Crippen LogP contribution >= 0.6 is 0 Å². The number of piperazine rings is 1. The minimum Gasteiger partial charge on any atom is -0.368 e. The molecular formula is C24H26N8O. The molecule has 33 heavy (non-hydrogen) atoms. The van der Waals surface area contributed by atoms with Crippen LogP contribution < -0.4 is 15.5 Å². The first kappa shape index (κ1) is 20.9. The molecule has 9 nitrogen and oxygen atoms in total. The fourth-order valence-corrected chi connectivity index (χ4v) is 3.99. The fraction of sp³-hybridized carbons (Fsp3) is 0.250. The molecular weight excluding hydrogens is 416 g/mol. The summed E-state index contributed by atoms with van der Waals surface area (Å²) in [6.45, 7) is 3.90. The van der Waals surface area contributed by atoms with Crippen molar-refractivity contribution in [2.75, 3.05) is 50.5 Å². The normalized spacial score (nSPS) is 13.8. The number of nitrogens with zero attached hydrogens (tertiary/aromatic N) is 6. The number of carbonyl (C=O) groups excluding carboxylic acids is 1. The molecule has 4 heterocycles. The monoisotopic (exact) mass is 442 g/mol. The molecule has 1 amide bonds.